The highest BCUT2D eigenvalue weighted by Gasteiger charge is 2.25. The molecular formula is C9H14N2O2. The first-order valence-electron chi connectivity index (χ1n) is 4.10. The molecular weight excluding hydrogens is 168 g/mol. The zero-order chi connectivity index (χ0) is 10.2. The number of carboxylic acid groups (broad SMARTS) is 1. The van der Waals surface area contributed by atoms with Gasteiger partial charge in [-0.15, -0.1) is 0 Å². The van der Waals surface area contributed by atoms with Crippen LogP contribution in [-0.4, -0.2) is 20.9 Å². The monoisotopic (exact) mass is 182 g/mol. The van der Waals surface area contributed by atoms with Crippen molar-refractivity contribution >= 4 is 5.97 Å². The lowest BCUT2D eigenvalue weighted by Gasteiger charge is -2.17. The number of aryl methyl sites for hydroxylation is 1. The predicted molar refractivity (Wildman–Crippen MR) is 48.9 cm³/mol. The molecule has 0 unspecified atom stereocenters. The first-order valence-corrected chi connectivity index (χ1v) is 4.10. The van der Waals surface area contributed by atoms with Crippen molar-refractivity contribution < 1.29 is 9.90 Å². The van der Waals surface area contributed by atoms with Crippen LogP contribution in [0.15, 0.2) is 6.20 Å². The Bertz CT molecular complexity index is 334. The molecule has 1 aromatic rings. The molecule has 1 rings (SSSR count). The summed E-state index contributed by atoms with van der Waals surface area (Å²) < 4.78 is 1.39. The molecule has 0 saturated heterocycles. The summed E-state index contributed by atoms with van der Waals surface area (Å²) in [6.07, 6.45) is 1.61. The standard InChI is InChI=1S/C9H14N2O2/c1-9(2,3)6-5-10-11(4)7(6)8(12)13/h5H,1-4H3,(H,12,13). The lowest BCUT2D eigenvalue weighted by Crippen LogP contribution is -2.17. The molecule has 0 aromatic carbocycles. The van der Waals surface area contributed by atoms with Gasteiger partial charge in [0, 0.05) is 12.6 Å². The molecule has 72 valence electrons. The minimum atomic E-state index is -0.926. The number of carbonyl (C=O) groups is 1. The molecule has 1 heterocycles. The van der Waals surface area contributed by atoms with Crippen molar-refractivity contribution in [1.82, 2.24) is 9.78 Å². The van der Waals surface area contributed by atoms with E-state index in [2.05, 4.69) is 5.10 Å². The number of hydrogen-bond donors (Lipinski definition) is 1. The van der Waals surface area contributed by atoms with Gasteiger partial charge in [0.15, 0.2) is 0 Å². The van der Waals surface area contributed by atoms with Crippen LogP contribution in [0, 0.1) is 0 Å². The molecule has 13 heavy (non-hydrogen) atoms. The summed E-state index contributed by atoms with van der Waals surface area (Å²) in [5.74, 6) is -0.926. The molecule has 0 aliphatic carbocycles. The van der Waals surface area contributed by atoms with Crippen molar-refractivity contribution in [3.8, 4) is 0 Å². The number of aromatic carboxylic acids is 1. The van der Waals surface area contributed by atoms with E-state index in [1.807, 2.05) is 20.8 Å². The highest BCUT2D eigenvalue weighted by atomic mass is 16.4. The van der Waals surface area contributed by atoms with Crippen molar-refractivity contribution in [3.05, 3.63) is 17.5 Å². The van der Waals surface area contributed by atoms with Crippen LogP contribution in [0.5, 0.6) is 0 Å². The van der Waals surface area contributed by atoms with E-state index in [1.165, 1.54) is 4.68 Å². The summed E-state index contributed by atoms with van der Waals surface area (Å²) in [7, 11) is 1.64. The van der Waals surface area contributed by atoms with Gasteiger partial charge in [-0.05, 0) is 5.41 Å². The quantitative estimate of drug-likeness (QED) is 0.714. The van der Waals surface area contributed by atoms with E-state index in [-0.39, 0.29) is 11.1 Å². The van der Waals surface area contributed by atoms with Crippen LogP contribution in [0.2, 0.25) is 0 Å². The smallest absolute Gasteiger partial charge is 0.354 e. The van der Waals surface area contributed by atoms with Crippen molar-refractivity contribution in [2.75, 3.05) is 0 Å². The van der Waals surface area contributed by atoms with Gasteiger partial charge in [-0.3, -0.25) is 4.68 Å². The zero-order valence-corrected chi connectivity index (χ0v) is 8.33. The highest BCUT2D eigenvalue weighted by molar-refractivity contribution is 5.87. The van der Waals surface area contributed by atoms with Gasteiger partial charge in [0.25, 0.3) is 0 Å². The van der Waals surface area contributed by atoms with E-state index in [0.29, 0.717) is 0 Å². The second-order valence-electron chi connectivity index (χ2n) is 4.09. The van der Waals surface area contributed by atoms with E-state index >= 15 is 0 Å². The molecule has 0 fully saturated rings. The Morgan fingerprint density at radius 2 is 2.08 bits per heavy atom. The Morgan fingerprint density at radius 3 is 2.38 bits per heavy atom. The number of hydrogen-bond acceptors (Lipinski definition) is 2. The molecule has 1 N–H and O–H groups in total. The van der Waals surface area contributed by atoms with Crippen LogP contribution in [0.25, 0.3) is 0 Å². The number of carboxylic acids is 1. The Balaban J connectivity index is 3.31. The molecule has 0 atom stereocenters. The zero-order valence-electron chi connectivity index (χ0n) is 8.33. The fourth-order valence-corrected chi connectivity index (χ4v) is 1.24. The molecule has 0 aliphatic heterocycles. The van der Waals surface area contributed by atoms with Crippen LogP contribution >= 0.6 is 0 Å². The maximum absolute atomic E-state index is 10.9. The third-order valence-corrected chi connectivity index (χ3v) is 1.95. The normalized spacial score (nSPS) is 11.7. The van der Waals surface area contributed by atoms with E-state index in [1.54, 1.807) is 13.2 Å². The fraction of sp³-hybridized carbons (Fsp3) is 0.556. The van der Waals surface area contributed by atoms with E-state index in [4.69, 9.17) is 5.11 Å². The minimum Gasteiger partial charge on any atom is -0.477 e. The fourth-order valence-electron chi connectivity index (χ4n) is 1.24. The Morgan fingerprint density at radius 1 is 1.54 bits per heavy atom. The van der Waals surface area contributed by atoms with Crippen LogP contribution in [0.3, 0.4) is 0 Å². The average molecular weight is 182 g/mol. The molecule has 4 heteroatoms. The molecule has 0 aliphatic rings. The van der Waals surface area contributed by atoms with Crippen LogP contribution < -0.4 is 0 Å². The Hall–Kier alpha value is -1.32. The maximum atomic E-state index is 10.9. The van der Waals surface area contributed by atoms with Gasteiger partial charge in [0.05, 0.1) is 6.20 Å². The molecule has 1 aromatic heterocycles. The minimum absolute atomic E-state index is 0.179. The van der Waals surface area contributed by atoms with E-state index < -0.39 is 5.97 Å². The highest BCUT2D eigenvalue weighted by Crippen LogP contribution is 2.25. The largest absolute Gasteiger partial charge is 0.477 e. The van der Waals surface area contributed by atoms with Crippen LogP contribution in [0.1, 0.15) is 36.8 Å². The number of aromatic nitrogens is 2. The third-order valence-electron chi connectivity index (χ3n) is 1.95. The van der Waals surface area contributed by atoms with Crippen molar-refractivity contribution in [2.24, 2.45) is 7.05 Å². The van der Waals surface area contributed by atoms with Crippen LogP contribution in [-0.2, 0) is 12.5 Å². The van der Waals surface area contributed by atoms with Gasteiger partial charge in [-0.1, -0.05) is 20.8 Å². The molecule has 0 saturated carbocycles. The van der Waals surface area contributed by atoms with E-state index in [9.17, 15) is 4.79 Å². The number of rotatable bonds is 1. The summed E-state index contributed by atoms with van der Waals surface area (Å²) >= 11 is 0. The first-order chi connectivity index (χ1) is 5.84. The summed E-state index contributed by atoms with van der Waals surface area (Å²) in [6.45, 7) is 5.91. The topological polar surface area (TPSA) is 55.1 Å². The summed E-state index contributed by atoms with van der Waals surface area (Å²) in [4.78, 5) is 10.9. The first kappa shape index (κ1) is 9.77. The second-order valence-corrected chi connectivity index (χ2v) is 4.09. The molecule has 0 amide bonds. The number of nitrogens with zero attached hydrogens (tertiary/aromatic N) is 2. The van der Waals surface area contributed by atoms with Gasteiger partial charge >= 0.3 is 5.97 Å². The second kappa shape index (κ2) is 2.87. The Kier molecular flexibility index (Phi) is 2.15. The maximum Gasteiger partial charge on any atom is 0.354 e. The summed E-state index contributed by atoms with van der Waals surface area (Å²) in [5, 5.41) is 12.9. The SMILES string of the molecule is Cn1ncc(C(C)(C)C)c1C(=O)O. The van der Waals surface area contributed by atoms with Gasteiger partial charge in [-0.2, -0.15) is 5.10 Å². The van der Waals surface area contributed by atoms with Crippen molar-refractivity contribution in [3.63, 3.8) is 0 Å². The lowest BCUT2D eigenvalue weighted by atomic mass is 9.87. The van der Waals surface area contributed by atoms with Crippen molar-refractivity contribution in [2.45, 2.75) is 26.2 Å². The predicted octanol–water partition coefficient (Wildman–Crippen LogP) is 1.42. The lowest BCUT2D eigenvalue weighted by molar-refractivity contribution is 0.0682. The molecule has 0 radical (unpaired) electrons. The van der Waals surface area contributed by atoms with Gasteiger partial charge < -0.3 is 5.11 Å². The summed E-state index contributed by atoms with van der Waals surface area (Å²) in [6, 6.07) is 0. The Labute approximate surface area is 77.2 Å². The molecule has 4 nitrogen and oxygen atoms in total. The average Bonchev–Trinajstić information content (AvgIpc) is 2.28. The van der Waals surface area contributed by atoms with Crippen LogP contribution in [0.4, 0.5) is 0 Å². The van der Waals surface area contributed by atoms with Gasteiger partial charge in [0.2, 0.25) is 0 Å². The van der Waals surface area contributed by atoms with Crippen molar-refractivity contribution in [1.29, 1.82) is 0 Å². The van der Waals surface area contributed by atoms with Gasteiger partial charge in [0.1, 0.15) is 5.69 Å². The third kappa shape index (κ3) is 1.71. The molecule has 0 bridgehead atoms. The van der Waals surface area contributed by atoms with E-state index in [0.717, 1.165) is 5.56 Å². The van der Waals surface area contributed by atoms with Gasteiger partial charge in [-0.25, -0.2) is 4.79 Å². The summed E-state index contributed by atoms with van der Waals surface area (Å²) in [5.41, 5.74) is 0.858. The molecule has 0 spiro atoms.